The zero-order valence-electron chi connectivity index (χ0n) is 8.51. The number of nitrogens with zero attached hydrogens (tertiary/aromatic N) is 4. The van der Waals surface area contributed by atoms with Crippen molar-refractivity contribution >= 4 is 5.82 Å². The molecule has 0 aliphatic heterocycles. The number of anilines is 1. The quantitative estimate of drug-likeness (QED) is 0.770. The first-order valence-corrected chi connectivity index (χ1v) is 4.37. The van der Waals surface area contributed by atoms with Crippen LogP contribution in [-0.4, -0.2) is 26.9 Å². The molecule has 78 valence electrons. The first-order chi connectivity index (χ1) is 7.24. The van der Waals surface area contributed by atoms with Crippen LogP contribution in [0.15, 0.2) is 18.6 Å². The van der Waals surface area contributed by atoms with Crippen LogP contribution in [0.25, 0.3) is 11.4 Å². The summed E-state index contributed by atoms with van der Waals surface area (Å²) in [7, 11) is 3.36. The number of nitrogen functional groups attached to an aromatic ring is 1. The van der Waals surface area contributed by atoms with E-state index in [9.17, 15) is 0 Å². The van der Waals surface area contributed by atoms with Gasteiger partial charge in [0.25, 0.3) is 0 Å². The summed E-state index contributed by atoms with van der Waals surface area (Å²) < 4.78 is 6.86. The average molecular weight is 205 g/mol. The second kappa shape index (κ2) is 3.56. The van der Waals surface area contributed by atoms with Gasteiger partial charge in [-0.2, -0.15) is 5.10 Å². The third-order valence-corrected chi connectivity index (χ3v) is 2.10. The highest BCUT2D eigenvalue weighted by molar-refractivity contribution is 5.68. The fourth-order valence-corrected chi connectivity index (χ4v) is 1.38. The molecule has 0 aliphatic rings. The van der Waals surface area contributed by atoms with E-state index in [4.69, 9.17) is 10.5 Å². The zero-order chi connectivity index (χ0) is 10.8. The number of aryl methyl sites for hydroxylation is 1. The summed E-state index contributed by atoms with van der Waals surface area (Å²) in [5.41, 5.74) is 7.16. The van der Waals surface area contributed by atoms with E-state index in [1.54, 1.807) is 10.9 Å². The van der Waals surface area contributed by atoms with E-state index in [0.717, 1.165) is 5.69 Å². The number of methoxy groups -OCH3 is 1. The molecule has 2 aromatic heterocycles. The number of aromatic nitrogens is 4. The Kier molecular flexibility index (Phi) is 2.24. The van der Waals surface area contributed by atoms with E-state index in [1.165, 1.54) is 13.4 Å². The van der Waals surface area contributed by atoms with Crippen LogP contribution in [0.4, 0.5) is 5.82 Å². The van der Waals surface area contributed by atoms with Crippen LogP contribution in [0.5, 0.6) is 5.75 Å². The van der Waals surface area contributed by atoms with E-state index in [-0.39, 0.29) is 0 Å². The molecule has 0 spiro atoms. The minimum absolute atomic E-state index is 0.323. The maximum Gasteiger partial charge on any atom is 0.189 e. The van der Waals surface area contributed by atoms with Gasteiger partial charge in [0.15, 0.2) is 11.6 Å². The summed E-state index contributed by atoms with van der Waals surface area (Å²) >= 11 is 0. The smallest absolute Gasteiger partial charge is 0.189 e. The van der Waals surface area contributed by atoms with E-state index >= 15 is 0 Å². The van der Waals surface area contributed by atoms with Gasteiger partial charge in [-0.1, -0.05) is 0 Å². The standard InChI is InChI=1S/C9H11N5O/c1-14-6(3-4-13-14)7-8(15-2)9(10)12-5-11-7/h3-5H,1-2H3,(H2,10,11,12). The monoisotopic (exact) mass is 205 g/mol. The van der Waals surface area contributed by atoms with E-state index < -0.39 is 0 Å². The molecule has 2 N–H and O–H groups in total. The van der Waals surface area contributed by atoms with Crippen molar-refractivity contribution in [2.24, 2.45) is 7.05 Å². The number of hydrogen-bond acceptors (Lipinski definition) is 5. The van der Waals surface area contributed by atoms with Gasteiger partial charge in [0.1, 0.15) is 12.0 Å². The van der Waals surface area contributed by atoms with Gasteiger partial charge < -0.3 is 10.5 Å². The van der Waals surface area contributed by atoms with Gasteiger partial charge in [-0.05, 0) is 6.07 Å². The Morgan fingerprint density at radius 1 is 1.40 bits per heavy atom. The number of hydrogen-bond donors (Lipinski definition) is 1. The molecule has 6 nitrogen and oxygen atoms in total. The van der Waals surface area contributed by atoms with Crippen LogP contribution < -0.4 is 10.5 Å². The highest BCUT2D eigenvalue weighted by Crippen LogP contribution is 2.30. The molecule has 0 atom stereocenters. The number of nitrogens with two attached hydrogens (primary N) is 1. The minimum Gasteiger partial charge on any atom is -0.491 e. The second-order valence-electron chi connectivity index (χ2n) is 2.98. The molecule has 0 radical (unpaired) electrons. The lowest BCUT2D eigenvalue weighted by Gasteiger charge is -2.08. The molecule has 0 bridgehead atoms. The van der Waals surface area contributed by atoms with E-state index in [0.29, 0.717) is 17.3 Å². The van der Waals surface area contributed by atoms with E-state index in [2.05, 4.69) is 15.1 Å². The van der Waals surface area contributed by atoms with Crippen molar-refractivity contribution in [3.63, 3.8) is 0 Å². The molecule has 15 heavy (non-hydrogen) atoms. The van der Waals surface area contributed by atoms with Gasteiger partial charge in [0, 0.05) is 13.2 Å². The third kappa shape index (κ3) is 1.50. The van der Waals surface area contributed by atoms with Crippen LogP contribution in [0.1, 0.15) is 0 Å². The second-order valence-corrected chi connectivity index (χ2v) is 2.98. The Labute approximate surface area is 86.7 Å². The maximum atomic E-state index is 5.68. The van der Waals surface area contributed by atoms with Crippen molar-refractivity contribution in [1.82, 2.24) is 19.7 Å². The molecule has 0 aromatic carbocycles. The molecule has 2 heterocycles. The van der Waals surface area contributed by atoms with Crippen molar-refractivity contribution in [1.29, 1.82) is 0 Å². The Balaban J connectivity index is 2.63. The fraction of sp³-hybridized carbons (Fsp3) is 0.222. The summed E-state index contributed by atoms with van der Waals surface area (Å²) in [5, 5.41) is 4.06. The van der Waals surface area contributed by atoms with Crippen LogP contribution in [0.3, 0.4) is 0 Å². The van der Waals surface area contributed by atoms with Crippen LogP contribution in [0.2, 0.25) is 0 Å². The Morgan fingerprint density at radius 3 is 2.80 bits per heavy atom. The zero-order valence-corrected chi connectivity index (χ0v) is 8.51. The van der Waals surface area contributed by atoms with Crippen molar-refractivity contribution < 1.29 is 4.74 Å². The van der Waals surface area contributed by atoms with Crippen molar-refractivity contribution in [2.75, 3.05) is 12.8 Å². The lowest BCUT2D eigenvalue weighted by atomic mass is 10.2. The lowest BCUT2D eigenvalue weighted by Crippen LogP contribution is -2.02. The largest absolute Gasteiger partial charge is 0.491 e. The molecule has 0 saturated carbocycles. The molecule has 0 amide bonds. The molecule has 0 aliphatic carbocycles. The Morgan fingerprint density at radius 2 is 2.20 bits per heavy atom. The third-order valence-electron chi connectivity index (χ3n) is 2.10. The van der Waals surface area contributed by atoms with Gasteiger partial charge in [0.2, 0.25) is 0 Å². The number of rotatable bonds is 2. The summed E-state index contributed by atoms with van der Waals surface area (Å²) in [5.74, 6) is 0.796. The molecular formula is C9H11N5O. The predicted octanol–water partition coefficient (Wildman–Crippen LogP) is 0.468. The van der Waals surface area contributed by atoms with Crippen molar-refractivity contribution in [2.45, 2.75) is 0 Å². The van der Waals surface area contributed by atoms with Gasteiger partial charge in [-0.3, -0.25) is 4.68 Å². The first-order valence-electron chi connectivity index (χ1n) is 4.37. The Hall–Kier alpha value is -2.11. The SMILES string of the molecule is COc1c(N)ncnc1-c1ccnn1C. The van der Waals surface area contributed by atoms with Crippen LogP contribution >= 0.6 is 0 Å². The molecule has 2 aromatic rings. The fourth-order valence-electron chi connectivity index (χ4n) is 1.38. The molecule has 0 unspecified atom stereocenters. The molecule has 0 fully saturated rings. The highest BCUT2D eigenvalue weighted by Gasteiger charge is 2.13. The van der Waals surface area contributed by atoms with Crippen LogP contribution in [-0.2, 0) is 7.05 Å². The van der Waals surface area contributed by atoms with Gasteiger partial charge in [-0.15, -0.1) is 0 Å². The summed E-state index contributed by atoms with van der Waals surface area (Å²) in [4.78, 5) is 8.00. The molecule has 2 rings (SSSR count). The topological polar surface area (TPSA) is 78.8 Å². The number of ether oxygens (including phenoxy) is 1. The van der Waals surface area contributed by atoms with Gasteiger partial charge in [0.05, 0.1) is 12.8 Å². The summed E-state index contributed by atoms with van der Waals surface area (Å²) in [6.45, 7) is 0. The minimum atomic E-state index is 0.323. The maximum absolute atomic E-state index is 5.68. The van der Waals surface area contributed by atoms with Crippen LogP contribution in [0, 0.1) is 0 Å². The average Bonchev–Trinajstić information content (AvgIpc) is 2.64. The molecule has 0 saturated heterocycles. The van der Waals surface area contributed by atoms with Crippen molar-refractivity contribution in [3.05, 3.63) is 18.6 Å². The van der Waals surface area contributed by atoms with Gasteiger partial charge >= 0.3 is 0 Å². The normalized spacial score (nSPS) is 10.3. The van der Waals surface area contributed by atoms with E-state index in [1.807, 2.05) is 13.1 Å². The van der Waals surface area contributed by atoms with Gasteiger partial charge in [-0.25, -0.2) is 9.97 Å². The van der Waals surface area contributed by atoms with Crippen molar-refractivity contribution in [3.8, 4) is 17.1 Å². The molecular weight excluding hydrogens is 194 g/mol. The summed E-state index contributed by atoms with van der Waals surface area (Å²) in [6, 6.07) is 1.84. The molecule has 6 heteroatoms. The summed E-state index contributed by atoms with van der Waals surface area (Å²) in [6.07, 6.45) is 3.09. The first kappa shape index (κ1) is 9.45. The Bertz CT molecular complexity index is 479. The lowest BCUT2D eigenvalue weighted by molar-refractivity contribution is 0.414. The predicted molar refractivity (Wildman–Crippen MR) is 55.2 cm³/mol. The highest BCUT2D eigenvalue weighted by atomic mass is 16.5.